The van der Waals surface area contributed by atoms with Crippen LogP contribution in [0.25, 0.3) is 0 Å². The summed E-state index contributed by atoms with van der Waals surface area (Å²) >= 11 is 0. The summed E-state index contributed by atoms with van der Waals surface area (Å²) in [5, 5.41) is 11.9. The molecule has 2 N–H and O–H groups in total. The molecule has 0 spiro atoms. The Labute approximate surface area is 95.5 Å². The zero-order valence-electron chi connectivity index (χ0n) is 10.0. The molecule has 16 heavy (non-hydrogen) atoms. The first kappa shape index (κ1) is 12.7. The fraction of sp³-hybridized carbons (Fsp3) is 0.636. The van der Waals surface area contributed by atoms with Gasteiger partial charge in [0, 0.05) is 19.2 Å². The number of nitrogens with zero attached hydrogens (tertiary/aromatic N) is 2. The van der Waals surface area contributed by atoms with Crippen LogP contribution in [-0.2, 0) is 7.05 Å². The third-order valence-corrected chi connectivity index (χ3v) is 2.91. The standard InChI is InChI=1S/C11H19N3O2/c1-4-11(2,5-6-15)13-10(16)9-7-12-8-14(9)3/h7-8,15H,4-6H2,1-3H3,(H,13,16). The van der Waals surface area contributed by atoms with E-state index in [0.29, 0.717) is 12.1 Å². The van der Waals surface area contributed by atoms with E-state index >= 15 is 0 Å². The zero-order chi connectivity index (χ0) is 12.2. The van der Waals surface area contributed by atoms with Gasteiger partial charge in [0.05, 0.1) is 12.5 Å². The van der Waals surface area contributed by atoms with Gasteiger partial charge < -0.3 is 15.0 Å². The number of carbonyl (C=O) groups is 1. The first-order valence-electron chi connectivity index (χ1n) is 5.42. The number of hydrogen-bond donors (Lipinski definition) is 2. The predicted molar refractivity (Wildman–Crippen MR) is 61.1 cm³/mol. The van der Waals surface area contributed by atoms with Crippen LogP contribution in [0.5, 0.6) is 0 Å². The molecule has 1 aromatic heterocycles. The fourth-order valence-corrected chi connectivity index (χ4v) is 1.49. The average Bonchev–Trinajstić information content (AvgIpc) is 2.65. The number of carbonyl (C=O) groups excluding carboxylic acids is 1. The van der Waals surface area contributed by atoms with Gasteiger partial charge in [-0.15, -0.1) is 0 Å². The molecule has 0 saturated heterocycles. The van der Waals surface area contributed by atoms with E-state index in [4.69, 9.17) is 5.11 Å². The highest BCUT2D eigenvalue weighted by Crippen LogP contribution is 2.14. The highest BCUT2D eigenvalue weighted by molar-refractivity contribution is 5.92. The highest BCUT2D eigenvalue weighted by atomic mass is 16.3. The van der Waals surface area contributed by atoms with Crippen molar-refractivity contribution >= 4 is 5.91 Å². The second-order valence-corrected chi connectivity index (χ2v) is 4.23. The van der Waals surface area contributed by atoms with Gasteiger partial charge in [-0.1, -0.05) is 6.92 Å². The smallest absolute Gasteiger partial charge is 0.269 e. The van der Waals surface area contributed by atoms with Crippen LogP contribution in [0, 0.1) is 0 Å². The van der Waals surface area contributed by atoms with Crippen LogP contribution in [0.2, 0.25) is 0 Å². The molecule has 5 heteroatoms. The first-order valence-corrected chi connectivity index (χ1v) is 5.42. The SMILES string of the molecule is CCC(C)(CCO)NC(=O)c1cncn1C. The number of imidazole rings is 1. The van der Waals surface area contributed by atoms with E-state index in [2.05, 4.69) is 10.3 Å². The van der Waals surface area contributed by atoms with E-state index in [1.165, 1.54) is 6.20 Å². The number of aromatic nitrogens is 2. The lowest BCUT2D eigenvalue weighted by Gasteiger charge is -2.28. The molecular weight excluding hydrogens is 206 g/mol. The number of aliphatic hydroxyl groups is 1. The molecule has 0 saturated carbocycles. The summed E-state index contributed by atoms with van der Waals surface area (Å²) in [6.07, 6.45) is 4.44. The molecule has 0 aromatic carbocycles. The molecule has 1 rings (SSSR count). The van der Waals surface area contributed by atoms with Crippen molar-refractivity contribution in [3.63, 3.8) is 0 Å². The van der Waals surface area contributed by atoms with Crippen molar-refractivity contribution in [1.29, 1.82) is 0 Å². The van der Waals surface area contributed by atoms with Crippen molar-refractivity contribution in [3.05, 3.63) is 18.2 Å². The fourth-order valence-electron chi connectivity index (χ4n) is 1.49. The van der Waals surface area contributed by atoms with Crippen LogP contribution in [-0.4, -0.2) is 32.7 Å². The van der Waals surface area contributed by atoms with E-state index in [-0.39, 0.29) is 18.1 Å². The largest absolute Gasteiger partial charge is 0.396 e. The Morgan fingerprint density at radius 2 is 2.38 bits per heavy atom. The lowest BCUT2D eigenvalue weighted by Crippen LogP contribution is -2.46. The Morgan fingerprint density at radius 3 is 2.81 bits per heavy atom. The van der Waals surface area contributed by atoms with Gasteiger partial charge in [-0.25, -0.2) is 4.98 Å². The van der Waals surface area contributed by atoms with Crippen LogP contribution in [0.4, 0.5) is 0 Å². The number of amides is 1. The molecular formula is C11H19N3O2. The Morgan fingerprint density at radius 1 is 1.69 bits per heavy atom. The molecule has 0 aliphatic carbocycles. The summed E-state index contributed by atoms with van der Waals surface area (Å²) in [5.41, 5.74) is 0.161. The Bertz CT molecular complexity index is 362. The molecule has 1 amide bonds. The van der Waals surface area contributed by atoms with Gasteiger partial charge >= 0.3 is 0 Å². The Hall–Kier alpha value is -1.36. The minimum Gasteiger partial charge on any atom is -0.396 e. The maximum atomic E-state index is 11.9. The van der Waals surface area contributed by atoms with Crippen molar-refractivity contribution in [2.24, 2.45) is 7.05 Å². The van der Waals surface area contributed by atoms with Crippen molar-refractivity contribution in [2.75, 3.05) is 6.61 Å². The topological polar surface area (TPSA) is 67.2 Å². The van der Waals surface area contributed by atoms with Gasteiger partial charge in [-0.05, 0) is 19.8 Å². The van der Waals surface area contributed by atoms with Crippen LogP contribution in [0.1, 0.15) is 37.2 Å². The summed E-state index contributed by atoms with van der Waals surface area (Å²) in [7, 11) is 1.78. The van der Waals surface area contributed by atoms with Crippen LogP contribution >= 0.6 is 0 Å². The second kappa shape index (κ2) is 5.12. The van der Waals surface area contributed by atoms with Gasteiger partial charge in [0.25, 0.3) is 5.91 Å². The van der Waals surface area contributed by atoms with E-state index in [9.17, 15) is 4.79 Å². The molecule has 90 valence electrons. The van der Waals surface area contributed by atoms with Crippen LogP contribution in [0.3, 0.4) is 0 Å². The van der Waals surface area contributed by atoms with Crippen molar-refractivity contribution in [3.8, 4) is 0 Å². The quantitative estimate of drug-likeness (QED) is 0.775. The minimum atomic E-state index is -0.365. The van der Waals surface area contributed by atoms with Gasteiger partial charge in [0.2, 0.25) is 0 Å². The van der Waals surface area contributed by atoms with Crippen molar-refractivity contribution < 1.29 is 9.90 Å². The van der Waals surface area contributed by atoms with Gasteiger partial charge in [-0.2, -0.15) is 0 Å². The summed E-state index contributed by atoms with van der Waals surface area (Å²) in [6, 6.07) is 0. The monoisotopic (exact) mass is 225 g/mol. The van der Waals surface area contributed by atoms with E-state index < -0.39 is 0 Å². The molecule has 1 atom stereocenters. The van der Waals surface area contributed by atoms with E-state index in [0.717, 1.165) is 6.42 Å². The lowest BCUT2D eigenvalue weighted by molar-refractivity contribution is 0.0877. The maximum Gasteiger partial charge on any atom is 0.269 e. The van der Waals surface area contributed by atoms with E-state index in [1.54, 1.807) is 17.9 Å². The molecule has 1 heterocycles. The molecule has 0 bridgehead atoms. The summed E-state index contributed by atoms with van der Waals surface area (Å²) in [4.78, 5) is 15.8. The number of nitrogens with one attached hydrogen (secondary N) is 1. The van der Waals surface area contributed by atoms with Crippen LogP contribution in [0.15, 0.2) is 12.5 Å². The number of rotatable bonds is 5. The Balaban J connectivity index is 2.73. The summed E-state index contributed by atoms with van der Waals surface area (Å²) < 4.78 is 1.67. The van der Waals surface area contributed by atoms with Gasteiger partial charge in [0.15, 0.2) is 0 Å². The van der Waals surface area contributed by atoms with Crippen LogP contribution < -0.4 is 5.32 Å². The molecule has 0 aliphatic rings. The molecule has 0 radical (unpaired) electrons. The highest BCUT2D eigenvalue weighted by Gasteiger charge is 2.25. The van der Waals surface area contributed by atoms with Gasteiger partial charge in [-0.3, -0.25) is 4.79 Å². The maximum absolute atomic E-state index is 11.9. The third-order valence-electron chi connectivity index (χ3n) is 2.91. The second-order valence-electron chi connectivity index (χ2n) is 4.23. The molecule has 5 nitrogen and oxygen atoms in total. The Kier molecular flexibility index (Phi) is 4.06. The van der Waals surface area contributed by atoms with Crippen molar-refractivity contribution in [2.45, 2.75) is 32.2 Å². The van der Waals surface area contributed by atoms with Gasteiger partial charge in [0.1, 0.15) is 5.69 Å². The number of aryl methyl sites for hydroxylation is 1. The first-order chi connectivity index (χ1) is 7.52. The normalized spacial score (nSPS) is 14.5. The summed E-state index contributed by atoms with van der Waals surface area (Å²) in [5.74, 6) is -0.155. The predicted octanol–water partition coefficient (Wildman–Crippen LogP) is 0.701. The minimum absolute atomic E-state index is 0.0655. The summed E-state index contributed by atoms with van der Waals surface area (Å²) in [6.45, 7) is 3.98. The molecule has 0 aliphatic heterocycles. The third kappa shape index (κ3) is 2.82. The zero-order valence-corrected chi connectivity index (χ0v) is 10.0. The number of aliphatic hydroxyl groups excluding tert-OH is 1. The lowest BCUT2D eigenvalue weighted by atomic mass is 9.95. The van der Waals surface area contributed by atoms with Crippen molar-refractivity contribution in [1.82, 2.24) is 14.9 Å². The molecule has 1 unspecified atom stereocenters. The molecule has 1 aromatic rings. The average molecular weight is 225 g/mol. The number of hydrogen-bond acceptors (Lipinski definition) is 3. The molecule has 0 fully saturated rings. The van der Waals surface area contributed by atoms with E-state index in [1.807, 2.05) is 13.8 Å².